The average Bonchev–Trinajstić information content (AvgIpc) is 3.11. The molecule has 0 atom stereocenters. The summed E-state index contributed by atoms with van der Waals surface area (Å²) >= 11 is 0. The lowest BCUT2D eigenvalue weighted by molar-refractivity contribution is 0.130. The van der Waals surface area contributed by atoms with E-state index in [0.29, 0.717) is 25.1 Å². The Kier molecular flexibility index (Phi) is 7.28. The first-order chi connectivity index (χ1) is 13.6. The van der Waals surface area contributed by atoms with Gasteiger partial charge in [0.2, 0.25) is 5.88 Å². The molecule has 7 heteroatoms. The van der Waals surface area contributed by atoms with E-state index < -0.39 is 0 Å². The van der Waals surface area contributed by atoms with Crippen LogP contribution in [0.5, 0.6) is 5.88 Å². The number of hydrogen-bond acceptors (Lipinski definition) is 4. The van der Waals surface area contributed by atoms with Crippen LogP contribution in [0.15, 0.2) is 35.6 Å². The van der Waals surface area contributed by atoms with Crippen molar-refractivity contribution in [3.63, 3.8) is 0 Å². The lowest BCUT2D eigenvalue weighted by atomic mass is 9.89. The van der Waals surface area contributed by atoms with Crippen molar-refractivity contribution in [1.29, 1.82) is 0 Å². The second-order valence-corrected chi connectivity index (χ2v) is 7.50. The predicted octanol–water partition coefficient (Wildman–Crippen LogP) is 3.03. The molecule has 2 aromatic heterocycles. The van der Waals surface area contributed by atoms with E-state index in [4.69, 9.17) is 9.73 Å². The minimum absolute atomic E-state index is 0.292. The predicted molar refractivity (Wildman–Crippen MR) is 111 cm³/mol. The molecule has 1 saturated carbocycles. The molecule has 0 radical (unpaired) electrons. The summed E-state index contributed by atoms with van der Waals surface area (Å²) in [5.41, 5.74) is 2.19. The normalized spacial score (nSPS) is 20.0. The monoisotopic (exact) mass is 384 g/mol. The third-order valence-electron chi connectivity index (χ3n) is 5.17. The third-order valence-corrected chi connectivity index (χ3v) is 5.17. The minimum atomic E-state index is 0.292. The molecular formula is C21H32N6O. The SMILES string of the molecule is CCNC(=NCc1ccnc(OC2CCC(C)CC2)c1)NCc1ccnn1C. The number of nitrogens with zero attached hydrogens (tertiary/aromatic N) is 4. The molecule has 2 aromatic rings. The molecule has 0 saturated heterocycles. The molecule has 2 heterocycles. The molecule has 0 amide bonds. The second kappa shape index (κ2) is 10.1. The van der Waals surface area contributed by atoms with E-state index in [9.17, 15) is 0 Å². The van der Waals surface area contributed by atoms with Crippen molar-refractivity contribution in [3.8, 4) is 5.88 Å². The van der Waals surface area contributed by atoms with Gasteiger partial charge in [0.05, 0.1) is 18.8 Å². The number of nitrogens with one attached hydrogen (secondary N) is 2. The highest BCUT2D eigenvalue weighted by Crippen LogP contribution is 2.26. The first kappa shape index (κ1) is 20.2. The summed E-state index contributed by atoms with van der Waals surface area (Å²) in [6.07, 6.45) is 8.61. The van der Waals surface area contributed by atoms with Crippen LogP contribution < -0.4 is 15.4 Å². The van der Waals surface area contributed by atoms with Crippen LogP contribution in [-0.4, -0.2) is 33.4 Å². The fourth-order valence-corrected chi connectivity index (χ4v) is 3.39. The highest BCUT2D eigenvalue weighted by molar-refractivity contribution is 5.79. The Bertz CT molecular complexity index is 764. The summed E-state index contributed by atoms with van der Waals surface area (Å²) in [6, 6.07) is 5.99. The molecule has 0 bridgehead atoms. The van der Waals surface area contributed by atoms with Gasteiger partial charge in [-0.05, 0) is 56.2 Å². The standard InChI is InChI=1S/C21H32N6O/c1-4-22-21(25-15-18-10-12-26-27(18)3)24-14-17-9-11-23-20(13-17)28-19-7-5-16(2)6-8-19/h9-13,16,19H,4-8,14-15H2,1-3H3,(H2,22,24,25). The number of aliphatic imine (C=N–C) groups is 1. The molecule has 0 aliphatic heterocycles. The molecular weight excluding hydrogens is 352 g/mol. The molecule has 1 aliphatic rings. The zero-order chi connectivity index (χ0) is 19.8. The van der Waals surface area contributed by atoms with Gasteiger partial charge in [-0.25, -0.2) is 9.98 Å². The smallest absolute Gasteiger partial charge is 0.213 e. The van der Waals surface area contributed by atoms with Crippen molar-refractivity contribution in [1.82, 2.24) is 25.4 Å². The van der Waals surface area contributed by atoms with Gasteiger partial charge in [0.1, 0.15) is 6.10 Å². The zero-order valence-electron chi connectivity index (χ0n) is 17.2. The van der Waals surface area contributed by atoms with Crippen LogP contribution in [0.4, 0.5) is 0 Å². The number of ether oxygens (including phenoxy) is 1. The maximum Gasteiger partial charge on any atom is 0.213 e. The van der Waals surface area contributed by atoms with Gasteiger partial charge in [0.25, 0.3) is 0 Å². The van der Waals surface area contributed by atoms with Gasteiger partial charge in [0.15, 0.2) is 5.96 Å². The zero-order valence-corrected chi connectivity index (χ0v) is 17.2. The Morgan fingerprint density at radius 1 is 1.21 bits per heavy atom. The van der Waals surface area contributed by atoms with Gasteiger partial charge in [-0.3, -0.25) is 4.68 Å². The number of rotatable bonds is 7. The molecule has 3 rings (SSSR count). The first-order valence-corrected chi connectivity index (χ1v) is 10.2. The molecule has 0 unspecified atom stereocenters. The largest absolute Gasteiger partial charge is 0.474 e. The van der Waals surface area contributed by atoms with Crippen molar-refractivity contribution in [2.45, 2.75) is 58.7 Å². The maximum atomic E-state index is 6.11. The van der Waals surface area contributed by atoms with E-state index in [1.807, 2.05) is 36.1 Å². The number of aryl methyl sites for hydroxylation is 1. The fraction of sp³-hybridized carbons (Fsp3) is 0.571. The molecule has 0 spiro atoms. The minimum Gasteiger partial charge on any atom is -0.474 e. The van der Waals surface area contributed by atoms with Crippen molar-refractivity contribution in [3.05, 3.63) is 41.9 Å². The van der Waals surface area contributed by atoms with Crippen LogP contribution in [0.25, 0.3) is 0 Å². The lowest BCUT2D eigenvalue weighted by Crippen LogP contribution is -2.37. The van der Waals surface area contributed by atoms with Gasteiger partial charge in [0, 0.05) is 32.1 Å². The second-order valence-electron chi connectivity index (χ2n) is 7.50. The van der Waals surface area contributed by atoms with Gasteiger partial charge in [-0.15, -0.1) is 0 Å². The Morgan fingerprint density at radius 2 is 2.04 bits per heavy atom. The van der Waals surface area contributed by atoms with E-state index in [2.05, 4.69) is 34.6 Å². The van der Waals surface area contributed by atoms with Crippen molar-refractivity contribution in [2.75, 3.05) is 6.54 Å². The Hall–Kier alpha value is -2.57. The average molecular weight is 385 g/mol. The fourth-order valence-electron chi connectivity index (χ4n) is 3.39. The van der Waals surface area contributed by atoms with Crippen LogP contribution in [-0.2, 0) is 20.1 Å². The molecule has 0 aromatic carbocycles. The van der Waals surface area contributed by atoms with Crippen molar-refractivity contribution >= 4 is 5.96 Å². The molecule has 1 fully saturated rings. The molecule has 152 valence electrons. The van der Waals surface area contributed by atoms with Gasteiger partial charge in [-0.1, -0.05) is 6.92 Å². The lowest BCUT2D eigenvalue weighted by Gasteiger charge is -2.26. The summed E-state index contributed by atoms with van der Waals surface area (Å²) < 4.78 is 7.96. The van der Waals surface area contributed by atoms with Gasteiger partial charge >= 0.3 is 0 Å². The van der Waals surface area contributed by atoms with E-state index in [1.165, 1.54) is 12.8 Å². The summed E-state index contributed by atoms with van der Waals surface area (Å²) in [6.45, 7) is 6.43. The van der Waals surface area contributed by atoms with Crippen LogP contribution >= 0.6 is 0 Å². The Morgan fingerprint density at radius 3 is 2.75 bits per heavy atom. The summed E-state index contributed by atoms with van der Waals surface area (Å²) in [4.78, 5) is 9.08. The maximum absolute atomic E-state index is 6.11. The topological polar surface area (TPSA) is 76.4 Å². The van der Waals surface area contributed by atoms with E-state index in [0.717, 1.165) is 42.5 Å². The molecule has 2 N–H and O–H groups in total. The van der Waals surface area contributed by atoms with Crippen molar-refractivity contribution < 1.29 is 4.74 Å². The summed E-state index contributed by atoms with van der Waals surface area (Å²) in [5.74, 6) is 2.31. The highest BCUT2D eigenvalue weighted by atomic mass is 16.5. The van der Waals surface area contributed by atoms with Gasteiger partial charge < -0.3 is 15.4 Å². The molecule has 7 nitrogen and oxygen atoms in total. The van der Waals surface area contributed by atoms with E-state index >= 15 is 0 Å². The Labute approximate surface area is 167 Å². The van der Waals surface area contributed by atoms with Crippen LogP contribution in [0.3, 0.4) is 0 Å². The third kappa shape index (κ3) is 5.97. The molecule has 28 heavy (non-hydrogen) atoms. The summed E-state index contributed by atoms with van der Waals surface area (Å²) in [5, 5.41) is 10.8. The number of guanidine groups is 1. The van der Waals surface area contributed by atoms with Gasteiger partial charge in [-0.2, -0.15) is 5.10 Å². The quantitative estimate of drug-likeness (QED) is 0.567. The highest BCUT2D eigenvalue weighted by Gasteiger charge is 2.19. The number of hydrogen-bond donors (Lipinski definition) is 2. The van der Waals surface area contributed by atoms with Crippen LogP contribution in [0, 0.1) is 5.92 Å². The summed E-state index contributed by atoms with van der Waals surface area (Å²) in [7, 11) is 1.94. The Balaban J connectivity index is 1.56. The molecule has 1 aliphatic carbocycles. The van der Waals surface area contributed by atoms with Crippen molar-refractivity contribution in [2.24, 2.45) is 18.0 Å². The first-order valence-electron chi connectivity index (χ1n) is 10.2. The van der Waals surface area contributed by atoms with Crippen LogP contribution in [0.2, 0.25) is 0 Å². The van der Waals surface area contributed by atoms with E-state index in [1.54, 1.807) is 6.20 Å². The number of aromatic nitrogens is 3. The van der Waals surface area contributed by atoms with Crippen LogP contribution in [0.1, 0.15) is 50.8 Å². The van der Waals surface area contributed by atoms with E-state index in [-0.39, 0.29) is 0 Å². The number of pyridine rings is 1.